The highest BCUT2D eigenvalue weighted by atomic mass is 16.5. The van der Waals surface area contributed by atoms with Crippen molar-refractivity contribution < 1.29 is 9.53 Å². The molecule has 1 fully saturated rings. The second kappa shape index (κ2) is 8.51. The van der Waals surface area contributed by atoms with Crippen molar-refractivity contribution in [1.29, 1.82) is 0 Å². The van der Waals surface area contributed by atoms with Crippen LogP contribution in [0.1, 0.15) is 27.2 Å². The summed E-state index contributed by atoms with van der Waals surface area (Å²) in [6, 6.07) is 0.481. The zero-order valence-corrected chi connectivity index (χ0v) is 12.8. The minimum absolute atomic E-state index is 0.0949. The molecule has 0 aromatic rings. The molecule has 1 heterocycles. The molecule has 1 unspecified atom stereocenters. The van der Waals surface area contributed by atoms with E-state index in [4.69, 9.17) is 4.74 Å². The maximum Gasteiger partial charge on any atom is 0.239 e. The highest BCUT2D eigenvalue weighted by Gasteiger charge is 2.21. The van der Waals surface area contributed by atoms with Gasteiger partial charge in [-0.2, -0.15) is 0 Å². The summed E-state index contributed by atoms with van der Waals surface area (Å²) in [7, 11) is 2.13. The van der Waals surface area contributed by atoms with Gasteiger partial charge in [-0.25, -0.2) is 0 Å². The molecule has 0 aromatic carbocycles. The second-order valence-electron chi connectivity index (χ2n) is 5.54. The van der Waals surface area contributed by atoms with Crippen LogP contribution in [0.15, 0.2) is 0 Å². The molecule has 1 aliphatic heterocycles. The van der Waals surface area contributed by atoms with E-state index in [2.05, 4.69) is 31.1 Å². The zero-order valence-electron chi connectivity index (χ0n) is 12.8. The summed E-state index contributed by atoms with van der Waals surface area (Å²) in [4.78, 5) is 16.3. The first kappa shape index (κ1) is 16.4. The van der Waals surface area contributed by atoms with Gasteiger partial charge in [0.25, 0.3) is 0 Å². The van der Waals surface area contributed by atoms with E-state index >= 15 is 0 Å². The molecule has 1 amide bonds. The van der Waals surface area contributed by atoms with E-state index in [1.54, 1.807) is 0 Å². The van der Waals surface area contributed by atoms with Gasteiger partial charge >= 0.3 is 0 Å². The van der Waals surface area contributed by atoms with Gasteiger partial charge in [-0.05, 0) is 47.3 Å². The van der Waals surface area contributed by atoms with Crippen molar-refractivity contribution in [2.75, 3.05) is 46.4 Å². The first-order chi connectivity index (χ1) is 9.02. The maximum absolute atomic E-state index is 12.1. The minimum Gasteiger partial charge on any atom is -0.378 e. The van der Waals surface area contributed by atoms with E-state index < -0.39 is 0 Å². The van der Waals surface area contributed by atoms with Crippen LogP contribution in [0.2, 0.25) is 0 Å². The van der Waals surface area contributed by atoms with Crippen molar-refractivity contribution in [3.63, 3.8) is 0 Å². The SMILES string of the molecule is CC(NCCCN(C)C(C)C)C(=O)N1CCOCC1. The molecule has 0 radical (unpaired) electrons. The third-order valence-corrected chi connectivity index (χ3v) is 3.71. The summed E-state index contributed by atoms with van der Waals surface area (Å²) in [5.74, 6) is 0.195. The highest BCUT2D eigenvalue weighted by molar-refractivity contribution is 5.81. The zero-order chi connectivity index (χ0) is 14.3. The lowest BCUT2D eigenvalue weighted by Crippen LogP contribution is -2.49. The second-order valence-corrected chi connectivity index (χ2v) is 5.54. The molecule has 5 nitrogen and oxygen atoms in total. The monoisotopic (exact) mass is 271 g/mol. The van der Waals surface area contributed by atoms with E-state index in [0.717, 1.165) is 32.6 Å². The molecule has 1 rings (SSSR count). The summed E-state index contributed by atoms with van der Waals surface area (Å²) in [6.45, 7) is 11.1. The highest BCUT2D eigenvalue weighted by Crippen LogP contribution is 2.01. The number of hydrogen-bond acceptors (Lipinski definition) is 4. The number of carbonyl (C=O) groups is 1. The Morgan fingerprint density at radius 1 is 1.32 bits per heavy atom. The number of amides is 1. The molecule has 0 aromatic heterocycles. The van der Waals surface area contributed by atoms with E-state index in [-0.39, 0.29) is 11.9 Å². The van der Waals surface area contributed by atoms with Gasteiger partial charge in [0.1, 0.15) is 0 Å². The Bertz CT molecular complexity index is 265. The molecule has 1 saturated heterocycles. The van der Waals surface area contributed by atoms with Crippen molar-refractivity contribution >= 4 is 5.91 Å². The molecule has 1 N–H and O–H groups in total. The largest absolute Gasteiger partial charge is 0.378 e. The minimum atomic E-state index is -0.0949. The van der Waals surface area contributed by atoms with Gasteiger partial charge in [0, 0.05) is 19.1 Å². The van der Waals surface area contributed by atoms with E-state index in [1.807, 2.05) is 11.8 Å². The first-order valence-electron chi connectivity index (χ1n) is 7.32. The molecule has 5 heteroatoms. The normalized spacial score (nSPS) is 18.1. The van der Waals surface area contributed by atoms with Gasteiger partial charge in [0.15, 0.2) is 0 Å². The van der Waals surface area contributed by atoms with Crippen molar-refractivity contribution in [2.45, 2.75) is 39.3 Å². The fourth-order valence-electron chi connectivity index (χ4n) is 2.05. The Hall–Kier alpha value is -0.650. The molecular formula is C14H29N3O2. The van der Waals surface area contributed by atoms with Crippen molar-refractivity contribution in [3.05, 3.63) is 0 Å². The Kier molecular flexibility index (Phi) is 7.34. The van der Waals surface area contributed by atoms with Gasteiger partial charge in [0.05, 0.1) is 19.3 Å². The summed E-state index contributed by atoms with van der Waals surface area (Å²) in [5, 5.41) is 3.32. The number of ether oxygens (including phenoxy) is 1. The number of hydrogen-bond donors (Lipinski definition) is 1. The van der Waals surface area contributed by atoms with Gasteiger partial charge in [-0.3, -0.25) is 4.79 Å². The van der Waals surface area contributed by atoms with Gasteiger partial charge in [0.2, 0.25) is 5.91 Å². The standard InChI is InChI=1S/C14H29N3O2/c1-12(2)16(4)7-5-6-15-13(3)14(18)17-8-10-19-11-9-17/h12-13,15H,5-11H2,1-4H3. The fraction of sp³-hybridized carbons (Fsp3) is 0.929. The molecule has 19 heavy (non-hydrogen) atoms. The van der Waals surface area contributed by atoms with Crippen LogP contribution in [0.5, 0.6) is 0 Å². The van der Waals surface area contributed by atoms with Crippen LogP contribution in [-0.4, -0.2) is 74.2 Å². The maximum atomic E-state index is 12.1. The Labute approximate surface area is 117 Å². The van der Waals surface area contributed by atoms with Crippen LogP contribution in [0, 0.1) is 0 Å². The summed E-state index contributed by atoms with van der Waals surface area (Å²) < 4.78 is 5.26. The van der Waals surface area contributed by atoms with Crippen LogP contribution in [-0.2, 0) is 9.53 Å². The van der Waals surface area contributed by atoms with Gasteiger partial charge in [-0.1, -0.05) is 0 Å². The van der Waals surface area contributed by atoms with Crippen LogP contribution in [0.3, 0.4) is 0 Å². The van der Waals surface area contributed by atoms with Crippen LogP contribution in [0.25, 0.3) is 0 Å². The molecule has 1 atom stereocenters. The number of morpholine rings is 1. The third-order valence-electron chi connectivity index (χ3n) is 3.71. The Morgan fingerprint density at radius 2 is 1.95 bits per heavy atom. The molecule has 0 aliphatic carbocycles. The number of carbonyl (C=O) groups excluding carboxylic acids is 1. The average Bonchev–Trinajstić information content (AvgIpc) is 2.43. The molecule has 0 saturated carbocycles. The topological polar surface area (TPSA) is 44.8 Å². The lowest BCUT2D eigenvalue weighted by atomic mass is 10.2. The summed E-state index contributed by atoms with van der Waals surface area (Å²) in [5.41, 5.74) is 0. The summed E-state index contributed by atoms with van der Waals surface area (Å²) in [6.07, 6.45) is 1.06. The summed E-state index contributed by atoms with van der Waals surface area (Å²) >= 11 is 0. The van der Waals surface area contributed by atoms with Crippen molar-refractivity contribution in [2.24, 2.45) is 0 Å². The van der Waals surface area contributed by atoms with Crippen molar-refractivity contribution in [1.82, 2.24) is 15.1 Å². The lowest BCUT2D eigenvalue weighted by Gasteiger charge is -2.29. The molecular weight excluding hydrogens is 242 g/mol. The lowest BCUT2D eigenvalue weighted by molar-refractivity contribution is -0.137. The number of rotatable bonds is 7. The molecule has 0 bridgehead atoms. The van der Waals surface area contributed by atoms with E-state index in [9.17, 15) is 4.79 Å². The van der Waals surface area contributed by atoms with Crippen molar-refractivity contribution in [3.8, 4) is 0 Å². The fourth-order valence-corrected chi connectivity index (χ4v) is 2.05. The quantitative estimate of drug-likeness (QED) is 0.687. The van der Waals surface area contributed by atoms with E-state index in [1.165, 1.54) is 0 Å². The predicted octanol–water partition coefficient (Wildman–Crippen LogP) is 0.554. The average molecular weight is 271 g/mol. The Morgan fingerprint density at radius 3 is 2.53 bits per heavy atom. The van der Waals surface area contributed by atoms with E-state index in [0.29, 0.717) is 19.3 Å². The predicted molar refractivity (Wildman–Crippen MR) is 77.2 cm³/mol. The van der Waals surface area contributed by atoms with Crippen LogP contribution in [0.4, 0.5) is 0 Å². The van der Waals surface area contributed by atoms with Crippen LogP contribution < -0.4 is 5.32 Å². The smallest absolute Gasteiger partial charge is 0.239 e. The molecule has 0 spiro atoms. The van der Waals surface area contributed by atoms with Gasteiger partial charge in [-0.15, -0.1) is 0 Å². The Balaban J connectivity index is 2.16. The first-order valence-corrected chi connectivity index (χ1v) is 7.32. The number of nitrogens with one attached hydrogen (secondary N) is 1. The molecule has 1 aliphatic rings. The number of nitrogens with zero attached hydrogens (tertiary/aromatic N) is 2. The molecule has 112 valence electrons. The van der Waals surface area contributed by atoms with Gasteiger partial charge < -0.3 is 19.9 Å². The third kappa shape index (κ3) is 5.89. The van der Waals surface area contributed by atoms with Crippen LogP contribution >= 0.6 is 0 Å².